The number of nitrogens with zero attached hydrogens (tertiary/aromatic N) is 1. The van der Waals surface area contributed by atoms with Gasteiger partial charge in [0.25, 0.3) is 5.91 Å². The van der Waals surface area contributed by atoms with Crippen molar-refractivity contribution in [2.45, 2.75) is 33.2 Å². The molecule has 2 amide bonds. The molecule has 148 valence electrons. The molecule has 3 N–H and O–H groups in total. The molecule has 0 fully saturated rings. The molecule has 0 unspecified atom stereocenters. The second-order valence-corrected chi connectivity index (χ2v) is 7.72. The SMILES string of the molecule is CCOC(=O)c1c(NC(=O)CN2c3ccccc3C[C@@H]2C)sc(C(N)=O)c1C. The van der Waals surface area contributed by atoms with Gasteiger partial charge in [-0.1, -0.05) is 18.2 Å². The van der Waals surface area contributed by atoms with Gasteiger partial charge in [-0.05, 0) is 44.4 Å². The molecule has 0 radical (unpaired) electrons. The van der Waals surface area contributed by atoms with Gasteiger partial charge in [0.05, 0.1) is 23.6 Å². The number of nitrogens with two attached hydrogens (primary N) is 1. The molecule has 1 atom stereocenters. The van der Waals surface area contributed by atoms with Crippen LogP contribution in [0.5, 0.6) is 0 Å². The summed E-state index contributed by atoms with van der Waals surface area (Å²) < 4.78 is 5.07. The molecule has 0 bridgehead atoms. The highest BCUT2D eigenvalue weighted by molar-refractivity contribution is 7.18. The molecule has 8 heteroatoms. The van der Waals surface area contributed by atoms with Gasteiger partial charge in [-0.2, -0.15) is 0 Å². The number of hydrogen-bond acceptors (Lipinski definition) is 6. The minimum absolute atomic E-state index is 0.142. The Morgan fingerprint density at radius 3 is 2.71 bits per heavy atom. The molecule has 2 aromatic rings. The average molecular weight is 401 g/mol. The van der Waals surface area contributed by atoms with Crippen molar-refractivity contribution in [2.75, 3.05) is 23.4 Å². The van der Waals surface area contributed by atoms with E-state index in [9.17, 15) is 14.4 Å². The molecule has 7 nitrogen and oxygen atoms in total. The lowest BCUT2D eigenvalue weighted by Gasteiger charge is -2.24. The topological polar surface area (TPSA) is 102 Å². The fourth-order valence-electron chi connectivity index (χ4n) is 3.48. The van der Waals surface area contributed by atoms with Gasteiger partial charge in [-0.25, -0.2) is 4.79 Å². The van der Waals surface area contributed by atoms with Crippen LogP contribution in [0.3, 0.4) is 0 Å². The number of primary amides is 1. The summed E-state index contributed by atoms with van der Waals surface area (Å²) in [5.74, 6) is -1.50. The largest absolute Gasteiger partial charge is 0.462 e. The highest BCUT2D eigenvalue weighted by Gasteiger charge is 2.29. The van der Waals surface area contributed by atoms with E-state index in [0.717, 1.165) is 23.4 Å². The number of benzene rings is 1. The van der Waals surface area contributed by atoms with Gasteiger partial charge >= 0.3 is 5.97 Å². The molecule has 1 aliphatic rings. The zero-order valence-electron chi connectivity index (χ0n) is 16.1. The van der Waals surface area contributed by atoms with Crippen molar-refractivity contribution in [1.29, 1.82) is 0 Å². The third-order valence-corrected chi connectivity index (χ3v) is 5.99. The zero-order chi connectivity index (χ0) is 20.4. The number of thiophene rings is 1. The van der Waals surface area contributed by atoms with Crippen LogP contribution in [0.1, 0.15) is 45.0 Å². The summed E-state index contributed by atoms with van der Waals surface area (Å²) in [5.41, 5.74) is 8.25. The van der Waals surface area contributed by atoms with Gasteiger partial charge in [0.15, 0.2) is 0 Å². The molecule has 0 saturated heterocycles. The maximum absolute atomic E-state index is 12.7. The first-order chi connectivity index (χ1) is 13.3. The van der Waals surface area contributed by atoms with E-state index < -0.39 is 11.9 Å². The lowest BCUT2D eigenvalue weighted by molar-refractivity contribution is -0.115. The third kappa shape index (κ3) is 3.73. The molecule has 0 spiro atoms. The maximum Gasteiger partial charge on any atom is 0.341 e. The normalized spacial score (nSPS) is 15.2. The summed E-state index contributed by atoms with van der Waals surface area (Å²) in [5, 5.41) is 3.06. The van der Waals surface area contributed by atoms with Gasteiger partial charge in [0.2, 0.25) is 5.91 Å². The van der Waals surface area contributed by atoms with Crippen LogP contribution >= 0.6 is 11.3 Å². The highest BCUT2D eigenvalue weighted by Crippen LogP contribution is 2.34. The van der Waals surface area contributed by atoms with Crippen LogP contribution in [0.25, 0.3) is 0 Å². The van der Waals surface area contributed by atoms with Gasteiger partial charge in [-0.15, -0.1) is 11.3 Å². The smallest absolute Gasteiger partial charge is 0.341 e. The fraction of sp³-hybridized carbons (Fsp3) is 0.350. The predicted molar refractivity (Wildman–Crippen MR) is 109 cm³/mol. The summed E-state index contributed by atoms with van der Waals surface area (Å²) in [7, 11) is 0. The standard InChI is InChI=1S/C20H23N3O4S/c1-4-27-20(26)16-12(3)17(18(21)25)28-19(16)22-15(24)10-23-11(2)9-13-7-5-6-8-14(13)23/h5-8,11H,4,9-10H2,1-3H3,(H2,21,25)(H,22,24)/t11-/m0/s1. The molecular formula is C20H23N3O4S. The van der Waals surface area contributed by atoms with Crippen LogP contribution in [0.15, 0.2) is 24.3 Å². The van der Waals surface area contributed by atoms with Crippen molar-refractivity contribution >= 4 is 39.8 Å². The molecule has 1 aromatic heterocycles. The number of fused-ring (bicyclic) bond motifs is 1. The third-order valence-electron chi connectivity index (χ3n) is 4.77. The second kappa shape index (κ2) is 8.02. The number of amides is 2. The number of nitrogens with one attached hydrogen (secondary N) is 1. The van der Waals surface area contributed by atoms with Crippen LogP contribution in [-0.2, 0) is 16.0 Å². The van der Waals surface area contributed by atoms with Crippen LogP contribution in [-0.4, -0.2) is 37.0 Å². The van der Waals surface area contributed by atoms with E-state index in [1.807, 2.05) is 23.1 Å². The van der Waals surface area contributed by atoms with Crippen LogP contribution in [0.4, 0.5) is 10.7 Å². The Labute approximate surface area is 167 Å². The Kier molecular flexibility index (Phi) is 5.69. The van der Waals surface area contributed by atoms with Gasteiger partial charge in [-0.3, -0.25) is 9.59 Å². The summed E-state index contributed by atoms with van der Waals surface area (Å²) in [4.78, 5) is 39.0. The number of para-hydroxylation sites is 1. The van der Waals surface area contributed by atoms with Crippen LogP contribution < -0.4 is 16.0 Å². The van der Waals surface area contributed by atoms with Gasteiger partial charge < -0.3 is 20.7 Å². The molecule has 2 heterocycles. The fourth-order valence-corrected chi connectivity index (χ4v) is 4.54. The first-order valence-electron chi connectivity index (χ1n) is 9.08. The second-order valence-electron chi connectivity index (χ2n) is 6.70. The summed E-state index contributed by atoms with van der Waals surface area (Å²) in [6.07, 6.45) is 0.876. The number of carbonyl (C=O) groups excluding carboxylic acids is 3. The number of carbonyl (C=O) groups is 3. The Morgan fingerprint density at radius 1 is 1.32 bits per heavy atom. The Bertz CT molecular complexity index is 938. The molecule has 0 aliphatic carbocycles. The quantitative estimate of drug-likeness (QED) is 0.725. The van der Waals surface area contributed by atoms with E-state index in [4.69, 9.17) is 10.5 Å². The first-order valence-corrected chi connectivity index (χ1v) is 9.89. The average Bonchev–Trinajstić information content (AvgIpc) is 3.12. The Hall–Kier alpha value is -2.87. The van der Waals surface area contributed by atoms with Crippen molar-refractivity contribution < 1.29 is 19.1 Å². The van der Waals surface area contributed by atoms with E-state index in [-0.39, 0.29) is 40.5 Å². The molecule has 3 rings (SSSR count). The molecule has 1 aromatic carbocycles. The maximum atomic E-state index is 12.7. The summed E-state index contributed by atoms with van der Waals surface area (Å²) in [6, 6.07) is 8.18. The van der Waals surface area contributed by atoms with E-state index >= 15 is 0 Å². The van der Waals surface area contributed by atoms with Crippen LogP contribution in [0.2, 0.25) is 0 Å². The Balaban J connectivity index is 1.83. The van der Waals surface area contributed by atoms with Gasteiger partial charge in [0, 0.05) is 11.7 Å². The van der Waals surface area contributed by atoms with Crippen molar-refractivity contribution in [1.82, 2.24) is 0 Å². The van der Waals surface area contributed by atoms with Crippen molar-refractivity contribution in [2.24, 2.45) is 5.73 Å². The van der Waals surface area contributed by atoms with E-state index in [1.54, 1.807) is 13.8 Å². The minimum atomic E-state index is -0.643. The summed E-state index contributed by atoms with van der Waals surface area (Å²) >= 11 is 0.995. The molecule has 1 aliphatic heterocycles. The molecule has 28 heavy (non-hydrogen) atoms. The zero-order valence-corrected chi connectivity index (χ0v) is 16.9. The monoisotopic (exact) mass is 401 g/mol. The number of hydrogen-bond donors (Lipinski definition) is 2. The Morgan fingerprint density at radius 2 is 2.04 bits per heavy atom. The van der Waals surface area contributed by atoms with E-state index in [1.165, 1.54) is 5.56 Å². The summed E-state index contributed by atoms with van der Waals surface area (Å²) in [6.45, 7) is 5.72. The van der Waals surface area contributed by atoms with Gasteiger partial charge in [0.1, 0.15) is 5.00 Å². The number of esters is 1. The van der Waals surface area contributed by atoms with E-state index in [2.05, 4.69) is 18.3 Å². The molecular weight excluding hydrogens is 378 g/mol. The van der Waals surface area contributed by atoms with E-state index in [0.29, 0.717) is 5.56 Å². The predicted octanol–water partition coefficient (Wildman–Crippen LogP) is 2.72. The number of anilines is 2. The number of rotatable bonds is 6. The van der Waals surface area contributed by atoms with Crippen LogP contribution in [0, 0.1) is 6.92 Å². The minimum Gasteiger partial charge on any atom is -0.462 e. The highest BCUT2D eigenvalue weighted by atomic mass is 32.1. The number of ether oxygens (including phenoxy) is 1. The molecule has 0 saturated carbocycles. The first kappa shape index (κ1) is 19.9. The van der Waals surface area contributed by atoms with Crippen molar-refractivity contribution in [3.05, 3.63) is 45.8 Å². The lowest BCUT2D eigenvalue weighted by atomic mass is 10.1. The van der Waals surface area contributed by atoms with Crippen molar-refractivity contribution in [3.63, 3.8) is 0 Å². The lowest BCUT2D eigenvalue weighted by Crippen LogP contribution is -2.37. The van der Waals surface area contributed by atoms with Crippen molar-refractivity contribution in [3.8, 4) is 0 Å².